The third kappa shape index (κ3) is 3.73. The maximum Gasteiger partial charge on any atom is 0.239 e. The quantitative estimate of drug-likeness (QED) is 0.787. The summed E-state index contributed by atoms with van der Waals surface area (Å²) in [5.41, 5.74) is 0.189. The van der Waals surface area contributed by atoms with E-state index in [0.717, 1.165) is 39.0 Å². The Bertz CT molecular complexity index is 348. The summed E-state index contributed by atoms with van der Waals surface area (Å²) in [6.07, 6.45) is 3.38. The molecule has 2 heterocycles. The van der Waals surface area contributed by atoms with Crippen molar-refractivity contribution in [3.63, 3.8) is 0 Å². The molecule has 0 radical (unpaired) electrons. The molecule has 1 amide bonds. The number of nitrogens with zero attached hydrogens (tertiary/aromatic N) is 3. The largest absolute Gasteiger partial charge is 0.341 e. The smallest absolute Gasteiger partial charge is 0.239 e. The highest BCUT2D eigenvalue weighted by Crippen LogP contribution is 2.25. The number of rotatable bonds is 3. The van der Waals surface area contributed by atoms with Crippen LogP contribution in [0, 0.1) is 5.41 Å². The van der Waals surface area contributed by atoms with E-state index >= 15 is 0 Å². The first-order chi connectivity index (χ1) is 9.28. The summed E-state index contributed by atoms with van der Waals surface area (Å²) >= 11 is 0. The summed E-state index contributed by atoms with van der Waals surface area (Å²) in [6, 6.07) is 0.747. The highest BCUT2D eigenvalue weighted by atomic mass is 16.2. The van der Waals surface area contributed by atoms with E-state index in [-0.39, 0.29) is 11.5 Å². The van der Waals surface area contributed by atoms with Crippen LogP contribution in [0.15, 0.2) is 0 Å². The second-order valence-corrected chi connectivity index (χ2v) is 7.88. The molecule has 0 saturated carbocycles. The van der Waals surface area contributed by atoms with Crippen LogP contribution in [0.2, 0.25) is 0 Å². The Hall–Kier alpha value is -0.610. The summed E-state index contributed by atoms with van der Waals surface area (Å²) in [4.78, 5) is 19.5. The fraction of sp³-hybridized carbons (Fsp3) is 0.938. The van der Waals surface area contributed by atoms with E-state index in [1.165, 1.54) is 6.42 Å². The summed E-state index contributed by atoms with van der Waals surface area (Å²) in [5.74, 6) is 0.366. The van der Waals surface area contributed by atoms with Gasteiger partial charge in [-0.15, -0.1) is 0 Å². The molecule has 2 saturated heterocycles. The van der Waals surface area contributed by atoms with Crippen LogP contribution >= 0.6 is 0 Å². The molecule has 2 rings (SSSR count). The van der Waals surface area contributed by atoms with Crippen LogP contribution in [-0.4, -0.2) is 73.0 Å². The maximum absolute atomic E-state index is 12.7. The molecule has 4 heteroatoms. The van der Waals surface area contributed by atoms with Crippen LogP contribution in [0.25, 0.3) is 0 Å². The maximum atomic E-state index is 12.7. The van der Waals surface area contributed by atoms with Crippen molar-refractivity contribution in [1.29, 1.82) is 0 Å². The Morgan fingerprint density at radius 2 is 1.90 bits per heavy atom. The molecule has 0 N–H and O–H groups in total. The van der Waals surface area contributed by atoms with E-state index in [1.807, 2.05) is 0 Å². The first-order valence-electron chi connectivity index (χ1n) is 7.97. The topological polar surface area (TPSA) is 26.8 Å². The zero-order valence-electron chi connectivity index (χ0n) is 13.9. The van der Waals surface area contributed by atoms with E-state index in [4.69, 9.17) is 0 Å². The van der Waals surface area contributed by atoms with Gasteiger partial charge in [-0.25, -0.2) is 0 Å². The van der Waals surface area contributed by atoms with E-state index < -0.39 is 0 Å². The summed E-state index contributed by atoms with van der Waals surface area (Å²) in [7, 11) is 4.28. The third-order valence-electron chi connectivity index (χ3n) is 4.53. The van der Waals surface area contributed by atoms with E-state index in [2.05, 4.69) is 49.6 Å². The van der Waals surface area contributed by atoms with Gasteiger partial charge in [-0.2, -0.15) is 0 Å². The van der Waals surface area contributed by atoms with Crippen molar-refractivity contribution in [2.75, 3.05) is 40.3 Å². The van der Waals surface area contributed by atoms with Crippen molar-refractivity contribution < 1.29 is 4.79 Å². The van der Waals surface area contributed by atoms with Crippen molar-refractivity contribution in [1.82, 2.24) is 14.7 Å². The number of carbonyl (C=O) groups excluding carboxylic acids is 1. The number of carbonyl (C=O) groups is 1. The first kappa shape index (κ1) is 15.8. The standard InChI is InChI=1S/C16H31N3O/c1-16(2,3)12-19-9-6-7-14(15(19)20)18-10-8-13(11-18)17(4)5/h13-14H,6-12H2,1-5H3/t13-,14+/m1/s1. The predicted molar refractivity (Wildman–Crippen MR) is 82.7 cm³/mol. The minimum atomic E-state index is 0.135. The Balaban J connectivity index is 1.97. The molecule has 2 aliphatic heterocycles. The van der Waals surface area contributed by atoms with Gasteiger partial charge >= 0.3 is 0 Å². The van der Waals surface area contributed by atoms with Gasteiger partial charge in [-0.1, -0.05) is 20.8 Å². The van der Waals surface area contributed by atoms with Crippen molar-refractivity contribution >= 4 is 5.91 Å². The fourth-order valence-corrected chi connectivity index (χ4v) is 3.46. The highest BCUT2D eigenvalue weighted by molar-refractivity contribution is 5.82. The van der Waals surface area contributed by atoms with Gasteiger partial charge in [0.1, 0.15) is 0 Å². The lowest BCUT2D eigenvalue weighted by molar-refractivity contribution is -0.141. The Morgan fingerprint density at radius 1 is 1.20 bits per heavy atom. The van der Waals surface area contributed by atoms with Crippen LogP contribution in [0.5, 0.6) is 0 Å². The third-order valence-corrected chi connectivity index (χ3v) is 4.53. The van der Waals surface area contributed by atoms with E-state index in [0.29, 0.717) is 11.9 Å². The van der Waals surface area contributed by atoms with Gasteiger partial charge in [-0.05, 0) is 38.8 Å². The second-order valence-electron chi connectivity index (χ2n) is 7.88. The molecular formula is C16H31N3O. The van der Waals surface area contributed by atoms with Crippen molar-refractivity contribution in [2.45, 2.75) is 52.1 Å². The summed E-state index contributed by atoms with van der Waals surface area (Å²) < 4.78 is 0. The Morgan fingerprint density at radius 3 is 2.45 bits per heavy atom. The molecule has 4 nitrogen and oxygen atoms in total. The minimum absolute atomic E-state index is 0.135. The molecule has 0 spiro atoms. The van der Waals surface area contributed by atoms with Crippen molar-refractivity contribution in [3.05, 3.63) is 0 Å². The molecule has 2 atom stereocenters. The highest BCUT2D eigenvalue weighted by Gasteiger charge is 2.38. The fourth-order valence-electron chi connectivity index (χ4n) is 3.46. The molecule has 0 unspecified atom stereocenters. The normalized spacial score (nSPS) is 29.5. The molecule has 20 heavy (non-hydrogen) atoms. The van der Waals surface area contributed by atoms with E-state index in [1.54, 1.807) is 0 Å². The predicted octanol–water partition coefficient (Wildman–Crippen LogP) is 1.66. The first-order valence-corrected chi connectivity index (χ1v) is 7.97. The molecule has 0 bridgehead atoms. The molecule has 0 aromatic carbocycles. The zero-order valence-corrected chi connectivity index (χ0v) is 13.9. The molecule has 2 fully saturated rings. The molecule has 116 valence electrons. The van der Waals surface area contributed by atoms with Crippen LogP contribution in [0.4, 0.5) is 0 Å². The van der Waals surface area contributed by atoms with Gasteiger partial charge in [0.25, 0.3) is 0 Å². The lowest BCUT2D eigenvalue weighted by Gasteiger charge is -2.39. The lowest BCUT2D eigenvalue weighted by Crippen LogP contribution is -2.53. The van der Waals surface area contributed by atoms with Gasteiger partial charge in [0, 0.05) is 32.2 Å². The van der Waals surface area contributed by atoms with Gasteiger partial charge in [0.2, 0.25) is 5.91 Å². The summed E-state index contributed by atoms with van der Waals surface area (Å²) in [6.45, 7) is 10.6. The van der Waals surface area contributed by atoms with Crippen LogP contribution in [0.1, 0.15) is 40.0 Å². The average Bonchev–Trinajstić information content (AvgIpc) is 2.79. The number of hydrogen-bond donors (Lipinski definition) is 0. The van der Waals surface area contributed by atoms with E-state index in [9.17, 15) is 4.79 Å². The molecule has 0 aromatic rings. The van der Waals surface area contributed by atoms with Crippen LogP contribution in [-0.2, 0) is 4.79 Å². The number of piperidine rings is 1. The Labute approximate surface area is 124 Å². The SMILES string of the molecule is CN(C)[C@@H]1CCN([C@H]2CCCN(CC(C)(C)C)C2=O)C1. The van der Waals surface area contributed by atoms with Gasteiger partial charge in [0.05, 0.1) is 6.04 Å². The van der Waals surface area contributed by atoms with Crippen LogP contribution in [0.3, 0.4) is 0 Å². The summed E-state index contributed by atoms with van der Waals surface area (Å²) in [5, 5.41) is 0. The van der Waals surface area contributed by atoms with Crippen molar-refractivity contribution in [2.24, 2.45) is 5.41 Å². The molecule has 0 aromatic heterocycles. The second kappa shape index (κ2) is 6.02. The number of hydrogen-bond acceptors (Lipinski definition) is 3. The monoisotopic (exact) mass is 281 g/mol. The Kier molecular flexibility index (Phi) is 4.75. The van der Waals surface area contributed by atoms with Gasteiger partial charge < -0.3 is 9.80 Å². The number of likely N-dealkylation sites (tertiary alicyclic amines) is 2. The van der Waals surface area contributed by atoms with Gasteiger partial charge in [0.15, 0.2) is 0 Å². The minimum Gasteiger partial charge on any atom is -0.341 e. The molecular weight excluding hydrogens is 250 g/mol. The van der Waals surface area contributed by atoms with Crippen LogP contribution < -0.4 is 0 Å². The number of amides is 1. The number of likely N-dealkylation sites (N-methyl/N-ethyl adjacent to an activating group) is 1. The zero-order chi connectivity index (χ0) is 14.9. The van der Waals surface area contributed by atoms with Gasteiger partial charge in [-0.3, -0.25) is 9.69 Å². The average molecular weight is 281 g/mol. The van der Waals surface area contributed by atoms with Crippen molar-refractivity contribution in [3.8, 4) is 0 Å². The lowest BCUT2D eigenvalue weighted by atomic mass is 9.93. The molecule has 0 aliphatic carbocycles. The molecule has 2 aliphatic rings.